The highest BCUT2D eigenvalue weighted by atomic mass is 16.1. The predicted octanol–water partition coefficient (Wildman–Crippen LogP) is 2.48. The summed E-state index contributed by atoms with van der Waals surface area (Å²) < 4.78 is 1.92. The van der Waals surface area contributed by atoms with Crippen molar-refractivity contribution >= 4 is 11.0 Å². The summed E-state index contributed by atoms with van der Waals surface area (Å²) in [6, 6.07) is 2.28. The van der Waals surface area contributed by atoms with Crippen LogP contribution >= 0.6 is 0 Å². The van der Waals surface area contributed by atoms with Gasteiger partial charge in [0.1, 0.15) is 0 Å². The lowest BCUT2D eigenvalue weighted by Gasteiger charge is -2.27. The summed E-state index contributed by atoms with van der Waals surface area (Å²) in [6.07, 6.45) is 8.12. The zero-order valence-electron chi connectivity index (χ0n) is 10.0. The summed E-state index contributed by atoms with van der Waals surface area (Å²) in [5, 5.41) is 0. The molecule has 0 radical (unpaired) electrons. The number of imidazole rings is 1. The van der Waals surface area contributed by atoms with Crippen LogP contribution in [-0.2, 0) is 0 Å². The van der Waals surface area contributed by atoms with E-state index in [1.54, 1.807) is 12.4 Å². The van der Waals surface area contributed by atoms with Crippen LogP contribution in [0.25, 0.3) is 11.0 Å². The molecule has 4 nitrogen and oxygen atoms in total. The van der Waals surface area contributed by atoms with Crippen molar-refractivity contribution in [1.82, 2.24) is 14.5 Å². The van der Waals surface area contributed by atoms with Crippen molar-refractivity contribution in [3.63, 3.8) is 0 Å². The maximum absolute atomic E-state index is 12.0. The van der Waals surface area contributed by atoms with Gasteiger partial charge in [-0.1, -0.05) is 6.92 Å². The first-order valence-electron chi connectivity index (χ1n) is 6.30. The van der Waals surface area contributed by atoms with Crippen LogP contribution in [0.4, 0.5) is 0 Å². The highest BCUT2D eigenvalue weighted by Gasteiger charge is 2.22. The first-order valence-corrected chi connectivity index (χ1v) is 6.30. The lowest BCUT2D eigenvalue weighted by Crippen LogP contribution is -2.25. The van der Waals surface area contributed by atoms with Gasteiger partial charge in [0.15, 0.2) is 0 Å². The van der Waals surface area contributed by atoms with Crippen LogP contribution in [-0.4, -0.2) is 14.5 Å². The molecule has 3 rings (SSSR count). The van der Waals surface area contributed by atoms with Gasteiger partial charge in [0.05, 0.1) is 17.2 Å². The molecule has 0 bridgehead atoms. The monoisotopic (exact) mass is 231 g/mol. The van der Waals surface area contributed by atoms with Crippen LogP contribution in [0.5, 0.6) is 0 Å². The van der Waals surface area contributed by atoms with Gasteiger partial charge in [-0.25, -0.2) is 4.79 Å². The van der Waals surface area contributed by atoms with Crippen molar-refractivity contribution in [1.29, 1.82) is 0 Å². The van der Waals surface area contributed by atoms with Gasteiger partial charge in [0.25, 0.3) is 0 Å². The molecular formula is C13H17N3O. The standard InChI is InChI=1S/C13H17N3O/c1-9-2-4-10(5-3-9)16-12-6-7-14-8-11(12)15-13(16)17/h6-10H,2-5H2,1H3,(H,15,17)/t9-,10-. The third-order valence-corrected chi connectivity index (χ3v) is 3.87. The number of rotatable bonds is 1. The highest BCUT2D eigenvalue weighted by molar-refractivity contribution is 5.73. The summed E-state index contributed by atoms with van der Waals surface area (Å²) in [6.45, 7) is 2.29. The zero-order chi connectivity index (χ0) is 11.8. The topological polar surface area (TPSA) is 50.7 Å². The Kier molecular flexibility index (Phi) is 2.50. The van der Waals surface area contributed by atoms with Gasteiger partial charge in [-0.15, -0.1) is 0 Å². The first kappa shape index (κ1) is 10.6. The lowest BCUT2D eigenvalue weighted by atomic mass is 9.87. The molecule has 1 aliphatic carbocycles. The second-order valence-corrected chi connectivity index (χ2v) is 5.11. The molecule has 0 saturated heterocycles. The Labute approximate surface area is 99.7 Å². The van der Waals surface area contributed by atoms with E-state index in [0.29, 0.717) is 6.04 Å². The van der Waals surface area contributed by atoms with Crippen molar-refractivity contribution in [2.75, 3.05) is 0 Å². The number of hydrogen-bond donors (Lipinski definition) is 1. The second kappa shape index (κ2) is 4.02. The van der Waals surface area contributed by atoms with Gasteiger partial charge in [-0.2, -0.15) is 0 Å². The number of pyridine rings is 1. The van der Waals surface area contributed by atoms with E-state index >= 15 is 0 Å². The van der Waals surface area contributed by atoms with Crippen LogP contribution in [0, 0.1) is 5.92 Å². The summed E-state index contributed by atoms with van der Waals surface area (Å²) in [7, 11) is 0. The molecule has 2 aromatic heterocycles. The Balaban J connectivity index is 2.05. The molecule has 1 saturated carbocycles. The molecule has 0 unspecified atom stereocenters. The van der Waals surface area contributed by atoms with E-state index in [9.17, 15) is 4.79 Å². The summed E-state index contributed by atoms with van der Waals surface area (Å²) in [5.41, 5.74) is 1.84. The fraction of sp³-hybridized carbons (Fsp3) is 0.538. The van der Waals surface area contributed by atoms with E-state index in [0.717, 1.165) is 29.8 Å². The maximum Gasteiger partial charge on any atom is 0.326 e. The van der Waals surface area contributed by atoms with Gasteiger partial charge in [0.2, 0.25) is 0 Å². The van der Waals surface area contributed by atoms with Gasteiger partial charge >= 0.3 is 5.69 Å². The maximum atomic E-state index is 12.0. The van der Waals surface area contributed by atoms with E-state index in [2.05, 4.69) is 16.9 Å². The minimum atomic E-state index is 0.00699. The van der Waals surface area contributed by atoms with Gasteiger partial charge in [-0.05, 0) is 37.7 Å². The first-order chi connectivity index (χ1) is 8.25. The van der Waals surface area contributed by atoms with E-state index in [-0.39, 0.29) is 5.69 Å². The van der Waals surface area contributed by atoms with E-state index < -0.39 is 0 Å². The molecule has 2 aromatic rings. The zero-order valence-corrected chi connectivity index (χ0v) is 10.0. The number of fused-ring (bicyclic) bond motifs is 1. The summed E-state index contributed by atoms with van der Waals surface area (Å²) in [5.74, 6) is 0.800. The van der Waals surface area contributed by atoms with Crippen LogP contribution < -0.4 is 5.69 Å². The molecule has 0 atom stereocenters. The molecule has 1 fully saturated rings. The average molecular weight is 231 g/mol. The van der Waals surface area contributed by atoms with Crippen LogP contribution in [0.2, 0.25) is 0 Å². The molecule has 17 heavy (non-hydrogen) atoms. The number of aromatic nitrogens is 3. The minimum Gasteiger partial charge on any atom is -0.304 e. The molecule has 4 heteroatoms. The van der Waals surface area contributed by atoms with Crippen molar-refractivity contribution < 1.29 is 0 Å². The Morgan fingerprint density at radius 1 is 1.35 bits per heavy atom. The largest absolute Gasteiger partial charge is 0.326 e. The molecule has 0 aromatic carbocycles. The van der Waals surface area contributed by atoms with E-state index in [1.165, 1.54) is 12.8 Å². The Morgan fingerprint density at radius 2 is 2.12 bits per heavy atom. The second-order valence-electron chi connectivity index (χ2n) is 5.11. The third kappa shape index (κ3) is 1.77. The number of H-pyrrole nitrogens is 1. The molecule has 0 aliphatic heterocycles. The van der Waals surface area contributed by atoms with Gasteiger partial charge in [0, 0.05) is 12.2 Å². The van der Waals surface area contributed by atoms with Crippen molar-refractivity contribution in [2.45, 2.75) is 38.6 Å². The smallest absolute Gasteiger partial charge is 0.304 e. The van der Waals surface area contributed by atoms with Crippen molar-refractivity contribution in [3.8, 4) is 0 Å². The Bertz CT molecular complexity index is 576. The quantitative estimate of drug-likeness (QED) is 0.819. The molecule has 1 N–H and O–H groups in total. The van der Waals surface area contributed by atoms with Gasteiger partial charge < -0.3 is 4.98 Å². The van der Waals surface area contributed by atoms with Crippen molar-refractivity contribution in [2.24, 2.45) is 5.92 Å². The SMILES string of the molecule is C[C@H]1CC[C@H](n2c(=O)[nH]c3cnccc32)CC1. The average Bonchev–Trinajstić information content (AvgIpc) is 2.66. The molecule has 1 aliphatic rings. The molecular weight excluding hydrogens is 214 g/mol. The predicted molar refractivity (Wildman–Crippen MR) is 67.0 cm³/mol. The molecule has 2 heterocycles. The number of nitrogens with one attached hydrogen (secondary N) is 1. The summed E-state index contributed by atoms with van der Waals surface area (Å²) in [4.78, 5) is 18.9. The number of aromatic amines is 1. The van der Waals surface area contributed by atoms with Crippen LogP contribution in [0.15, 0.2) is 23.3 Å². The van der Waals surface area contributed by atoms with E-state index in [4.69, 9.17) is 0 Å². The fourth-order valence-electron chi connectivity index (χ4n) is 2.84. The molecule has 90 valence electrons. The normalized spacial score (nSPS) is 25.2. The van der Waals surface area contributed by atoms with Gasteiger partial charge in [-0.3, -0.25) is 9.55 Å². The van der Waals surface area contributed by atoms with Crippen LogP contribution in [0.3, 0.4) is 0 Å². The summed E-state index contributed by atoms with van der Waals surface area (Å²) >= 11 is 0. The Morgan fingerprint density at radius 3 is 2.88 bits per heavy atom. The van der Waals surface area contributed by atoms with Crippen molar-refractivity contribution in [3.05, 3.63) is 28.9 Å². The van der Waals surface area contributed by atoms with Crippen LogP contribution in [0.1, 0.15) is 38.6 Å². The number of hydrogen-bond acceptors (Lipinski definition) is 2. The number of nitrogens with zero attached hydrogens (tertiary/aromatic N) is 2. The Hall–Kier alpha value is -1.58. The lowest BCUT2D eigenvalue weighted by molar-refractivity contribution is 0.290. The highest BCUT2D eigenvalue weighted by Crippen LogP contribution is 2.32. The molecule has 0 amide bonds. The molecule has 0 spiro atoms. The minimum absolute atomic E-state index is 0.00699. The third-order valence-electron chi connectivity index (χ3n) is 3.87. The van der Waals surface area contributed by atoms with E-state index in [1.807, 2.05) is 10.6 Å². The fourth-order valence-corrected chi connectivity index (χ4v) is 2.84.